The van der Waals surface area contributed by atoms with Gasteiger partial charge in [-0.15, -0.1) is 11.8 Å². The summed E-state index contributed by atoms with van der Waals surface area (Å²) in [5, 5.41) is 13.1. The molecule has 8 rings (SSSR count). The van der Waals surface area contributed by atoms with Gasteiger partial charge in [0.05, 0.1) is 29.7 Å². The fourth-order valence-corrected chi connectivity index (χ4v) is 11.3. The van der Waals surface area contributed by atoms with Gasteiger partial charge in [-0.05, 0) is 90.4 Å². The molecule has 3 heterocycles. The van der Waals surface area contributed by atoms with Gasteiger partial charge in [0, 0.05) is 26.2 Å². The van der Waals surface area contributed by atoms with Crippen molar-refractivity contribution in [3.8, 4) is 17.2 Å². The summed E-state index contributed by atoms with van der Waals surface area (Å²) < 4.78 is 12.4. The van der Waals surface area contributed by atoms with Gasteiger partial charge in [-0.3, -0.25) is 24.1 Å². The Morgan fingerprint density at radius 2 is 1.72 bits per heavy atom. The van der Waals surface area contributed by atoms with E-state index >= 15 is 0 Å². The zero-order chi connectivity index (χ0) is 32.6. The molecule has 1 saturated heterocycles. The SMILES string of the molecule is COc1cc([C@H]2c3sc(=O)[nH]c3SC3C2[C@H]2C[C@@H]3C3C(=O)N(c4ccc(Br)cc4)C(=O)C32)ccc1OCC(=O)Nc1ccc(O)cc1. The number of phenolic OH excluding ortho intramolecular Hbond substituents is 1. The Labute approximate surface area is 285 Å². The van der Waals surface area contributed by atoms with E-state index in [1.54, 1.807) is 42.1 Å². The normalized spacial score (nSPS) is 26.9. The highest BCUT2D eigenvalue weighted by Crippen LogP contribution is 2.68. The number of imide groups is 1. The largest absolute Gasteiger partial charge is 0.508 e. The topological polar surface area (TPSA) is 138 Å². The monoisotopic (exact) mass is 733 g/mol. The Morgan fingerprint density at radius 1 is 1.00 bits per heavy atom. The van der Waals surface area contributed by atoms with E-state index in [9.17, 15) is 24.3 Å². The van der Waals surface area contributed by atoms with E-state index in [1.807, 2.05) is 24.3 Å². The third-order valence-corrected chi connectivity index (χ3v) is 13.0. The van der Waals surface area contributed by atoms with Gasteiger partial charge in [-0.25, -0.2) is 0 Å². The van der Waals surface area contributed by atoms with E-state index in [2.05, 4.69) is 26.2 Å². The van der Waals surface area contributed by atoms with Gasteiger partial charge in [0.2, 0.25) is 11.8 Å². The summed E-state index contributed by atoms with van der Waals surface area (Å²) in [4.78, 5) is 58.3. The van der Waals surface area contributed by atoms with E-state index in [1.165, 1.54) is 35.5 Å². The number of methoxy groups -OCH3 is 1. The Bertz CT molecular complexity index is 1980. The fraction of sp³-hybridized carbons (Fsp3) is 0.294. The lowest BCUT2D eigenvalue weighted by atomic mass is 9.68. The molecule has 0 radical (unpaired) electrons. The van der Waals surface area contributed by atoms with Crippen molar-refractivity contribution in [2.75, 3.05) is 23.9 Å². The van der Waals surface area contributed by atoms with Crippen LogP contribution in [0, 0.1) is 29.6 Å². The van der Waals surface area contributed by atoms with Gasteiger partial charge in [-0.1, -0.05) is 33.3 Å². The number of fused-ring (bicyclic) bond motifs is 9. The maximum atomic E-state index is 14.0. The van der Waals surface area contributed by atoms with E-state index in [-0.39, 0.29) is 69.8 Å². The van der Waals surface area contributed by atoms with Crippen LogP contribution in [0.1, 0.15) is 22.8 Å². The summed E-state index contributed by atoms with van der Waals surface area (Å²) in [6.45, 7) is -0.261. The number of anilines is 2. The average Bonchev–Trinajstić information content (AvgIpc) is 3.80. The van der Waals surface area contributed by atoms with Crippen molar-refractivity contribution in [3.63, 3.8) is 0 Å². The number of halogens is 1. The zero-order valence-corrected chi connectivity index (χ0v) is 28.1. The molecular formula is C34H28BrN3O7S2. The first-order chi connectivity index (χ1) is 22.7. The number of H-pyrrole nitrogens is 1. The number of aromatic hydroxyl groups is 1. The van der Waals surface area contributed by atoms with Crippen molar-refractivity contribution in [2.45, 2.75) is 22.6 Å². The van der Waals surface area contributed by atoms with Crippen LogP contribution in [-0.2, 0) is 14.4 Å². The van der Waals surface area contributed by atoms with Crippen LogP contribution in [0.3, 0.4) is 0 Å². The number of nitrogens with zero attached hydrogens (tertiary/aromatic N) is 1. The first kappa shape index (κ1) is 30.3. The van der Waals surface area contributed by atoms with Crippen LogP contribution >= 0.6 is 39.0 Å². The number of hydrogen-bond donors (Lipinski definition) is 3. The second-order valence-electron chi connectivity index (χ2n) is 12.2. The van der Waals surface area contributed by atoms with Crippen LogP contribution < -0.4 is 24.6 Å². The Morgan fingerprint density at radius 3 is 2.45 bits per heavy atom. The molecular weight excluding hydrogens is 706 g/mol. The third kappa shape index (κ3) is 4.97. The summed E-state index contributed by atoms with van der Waals surface area (Å²) in [5.41, 5.74) is 2.03. The smallest absolute Gasteiger partial charge is 0.305 e. The predicted molar refractivity (Wildman–Crippen MR) is 180 cm³/mol. The van der Waals surface area contributed by atoms with Gasteiger partial charge >= 0.3 is 4.87 Å². The molecule has 13 heteroatoms. The summed E-state index contributed by atoms with van der Waals surface area (Å²) in [5.74, 6) is -0.699. The van der Waals surface area contributed by atoms with Crippen LogP contribution in [0.15, 0.2) is 81.0 Å². The van der Waals surface area contributed by atoms with Crippen molar-refractivity contribution >= 4 is 68.1 Å². The molecule has 4 unspecified atom stereocenters. The number of amides is 3. The Kier molecular flexibility index (Phi) is 7.45. The lowest BCUT2D eigenvalue weighted by Gasteiger charge is -2.43. The van der Waals surface area contributed by atoms with E-state index in [0.717, 1.165) is 26.4 Å². The van der Waals surface area contributed by atoms with Crippen molar-refractivity contribution in [3.05, 3.63) is 91.3 Å². The summed E-state index contributed by atoms with van der Waals surface area (Å²) in [6.07, 6.45) is 0.785. The van der Waals surface area contributed by atoms with Gasteiger partial charge in [0.1, 0.15) is 5.75 Å². The van der Waals surface area contributed by atoms with E-state index < -0.39 is 5.92 Å². The fourth-order valence-electron chi connectivity index (χ4n) is 8.12. The first-order valence-electron chi connectivity index (χ1n) is 15.1. The number of aromatic nitrogens is 1. The number of phenols is 1. The molecule has 4 aliphatic rings. The number of aromatic amines is 1. The second kappa shape index (κ2) is 11.6. The maximum absolute atomic E-state index is 14.0. The molecule has 3 amide bonds. The molecule has 47 heavy (non-hydrogen) atoms. The number of rotatable bonds is 7. The molecule has 2 bridgehead atoms. The molecule has 2 aliphatic carbocycles. The third-order valence-electron chi connectivity index (χ3n) is 9.87. The molecule has 3 fully saturated rings. The molecule has 2 aliphatic heterocycles. The highest BCUT2D eigenvalue weighted by molar-refractivity contribution is 9.10. The minimum atomic E-state index is -0.408. The molecule has 3 aromatic carbocycles. The van der Waals surface area contributed by atoms with Crippen molar-refractivity contribution in [1.82, 2.24) is 4.98 Å². The Balaban J connectivity index is 1.09. The van der Waals surface area contributed by atoms with Crippen molar-refractivity contribution in [2.24, 2.45) is 29.6 Å². The predicted octanol–water partition coefficient (Wildman–Crippen LogP) is 5.61. The highest BCUT2D eigenvalue weighted by atomic mass is 79.9. The quantitative estimate of drug-likeness (QED) is 0.165. The van der Waals surface area contributed by atoms with Gasteiger partial charge in [-0.2, -0.15) is 0 Å². The number of hydrogen-bond acceptors (Lipinski definition) is 9. The minimum Gasteiger partial charge on any atom is -0.508 e. The number of ether oxygens (including phenoxy) is 2. The lowest BCUT2D eigenvalue weighted by molar-refractivity contribution is -0.123. The van der Waals surface area contributed by atoms with Crippen LogP contribution in [0.25, 0.3) is 0 Å². The van der Waals surface area contributed by atoms with E-state index in [4.69, 9.17) is 9.47 Å². The van der Waals surface area contributed by atoms with E-state index in [0.29, 0.717) is 22.9 Å². The molecule has 7 atom stereocenters. The molecule has 0 spiro atoms. The molecule has 10 nitrogen and oxygen atoms in total. The molecule has 2 saturated carbocycles. The molecule has 3 N–H and O–H groups in total. The summed E-state index contributed by atoms with van der Waals surface area (Å²) in [7, 11) is 1.53. The van der Waals surface area contributed by atoms with Gasteiger partial charge in [0.15, 0.2) is 18.1 Å². The number of thiazole rings is 1. The number of benzene rings is 3. The second-order valence-corrected chi connectivity index (χ2v) is 15.4. The van der Waals surface area contributed by atoms with Crippen LogP contribution in [0.2, 0.25) is 0 Å². The first-order valence-corrected chi connectivity index (χ1v) is 17.6. The molecule has 4 aromatic rings. The molecule has 1 aromatic heterocycles. The summed E-state index contributed by atoms with van der Waals surface area (Å²) >= 11 is 6.26. The van der Waals surface area contributed by atoms with Crippen molar-refractivity contribution in [1.29, 1.82) is 0 Å². The van der Waals surface area contributed by atoms with Crippen molar-refractivity contribution < 1.29 is 29.0 Å². The lowest BCUT2D eigenvalue weighted by Crippen LogP contribution is -2.42. The van der Waals surface area contributed by atoms with Crippen LogP contribution in [0.4, 0.5) is 11.4 Å². The number of thioether (sulfide) groups is 1. The standard InChI is InChI=1S/C34H28BrN3O7S2/c1-44-23-12-15(2-11-22(23)45-14-24(40)36-17-5-9-19(39)10-6-17)25-26-20-13-21(29(26)46-31-30(25)47-34(43)37-31)28-27(20)32(41)38(33(28)42)18-7-3-16(35)4-8-18/h2-12,20-21,25-29,39H,13-14H2,1H3,(H,36,40)(H,37,43)/t20-,21-,25-,26?,27?,28?,29?/m1/s1. The minimum absolute atomic E-state index is 0.00699. The maximum Gasteiger partial charge on any atom is 0.305 e. The zero-order valence-electron chi connectivity index (χ0n) is 24.8. The summed E-state index contributed by atoms with van der Waals surface area (Å²) in [6, 6.07) is 19.0. The number of nitrogens with one attached hydrogen (secondary N) is 2. The van der Waals surface area contributed by atoms with Crippen LogP contribution in [-0.4, -0.2) is 46.8 Å². The van der Waals surface area contributed by atoms with Gasteiger partial charge in [0.25, 0.3) is 5.91 Å². The highest BCUT2D eigenvalue weighted by Gasteiger charge is 2.69. The molecule has 240 valence electrons. The van der Waals surface area contributed by atoms with Crippen LogP contribution in [0.5, 0.6) is 17.2 Å². The Hall–Kier alpha value is -4.07. The number of carbonyl (C=O) groups excluding carboxylic acids is 3. The average molecular weight is 735 g/mol. The number of carbonyl (C=O) groups is 3. The van der Waals surface area contributed by atoms with Gasteiger partial charge < -0.3 is 24.9 Å².